The van der Waals surface area contributed by atoms with Gasteiger partial charge in [-0.15, -0.1) is 0 Å². The Morgan fingerprint density at radius 1 is 0.917 bits per heavy atom. The molecule has 4 aromatic rings. The monoisotopic (exact) mass is 493 g/mol. The predicted octanol–water partition coefficient (Wildman–Crippen LogP) is 5.33. The van der Waals surface area contributed by atoms with Crippen LogP contribution in [-0.2, 0) is 9.53 Å². The third-order valence-electron chi connectivity index (χ3n) is 5.80. The lowest BCUT2D eigenvalue weighted by atomic mass is 10.1. The summed E-state index contributed by atoms with van der Waals surface area (Å²) in [6.07, 6.45) is 1.81. The molecule has 178 valence electrons. The van der Waals surface area contributed by atoms with Crippen molar-refractivity contribution in [3.8, 4) is 28.2 Å². The molecular formula is C29H23N3O3S. The highest BCUT2D eigenvalue weighted by Crippen LogP contribution is 2.37. The van der Waals surface area contributed by atoms with Crippen LogP contribution in [0.5, 0.6) is 0 Å². The lowest BCUT2D eigenvalue weighted by Gasteiger charge is -2.15. The number of ether oxygens (including phenoxy) is 1. The van der Waals surface area contributed by atoms with Crippen LogP contribution in [0.15, 0.2) is 96.7 Å². The van der Waals surface area contributed by atoms with E-state index in [2.05, 4.69) is 21.3 Å². The Balaban J connectivity index is 1.76. The van der Waals surface area contributed by atoms with Crippen LogP contribution in [0.1, 0.15) is 22.8 Å². The average Bonchev–Trinajstić information content (AvgIpc) is 3.44. The summed E-state index contributed by atoms with van der Waals surface area (Å²) in [6.45, 7) is 2.10. The van der Waals surface area contributed by atoms with Crippen molar-refractivity contribution in [2.75, 3.05) is 6.61 Å². The van der Waals surface area contributed by atoms with Gasteiger partial charge in [0, 0.05) is 11.3 Å². The van der Waals surface area contributed by atoms with Crippen LogP contribution in [0.25, 0.3) is 34.3 Å². The number of nitrogens with zero attached hydrogens (tertiary/aromatic N) is 1. The van der Waals surface area contributed by atoms with E-state index in [1.54, 1.807) is 19.1 Å². The first kappa shape index (κ1) is 23.3. The molecule has 0 spiro atoms. The molecule has 5 rings (SSSR count). The summed E-state index contributed by atoms with van der Waals surface area (Å²) in [5.41, 5.74) is 6.39. The van der Waals surface area contributed by atoms with E-state index in [-0.39, 0.29) is 17.0 Å². The maximum atomic E-state index is 12.4. The third-order valence-corrected chi connectivity index (χ3v) is 6.01. The SMILES string of the molecule is CCOC(=O)c1ccc(-n2c(-c3ccccc3)cc(/C=C3\NC(=S)NC3=O)c2-c2ccccc2)cc1. The van der Waals surface area contributed by atoms with Crippen molar-refractivity contribution in [3.63, 3.8) is 0 Å². The van der Waals surface area contributed by atoms with E-state index < -0.39 is 0 Å². The Bertz CT molecular complexity index is 1470. The standard InChI is InChI=1S/C29H23N3O3S/c1-2-35-28(34)21-13-15-23(16-14-21)32-25(19-9-5-3-6-10-19)18-22(17-24-27(33)31-29(36)30-24)26(32)20-11-7-4-8-12-20/h3-18H,2H2,1H3,(H2,30,31,33,36)/b24-17-. The average molecular weight is 494 g/mol. The summed E-state index contributed by atoms with van der Waals surface area (Å²) in [6, 6.07) is 29.4. The fourth-order valence-corrected chi connectivity index (χ4v) is 4.42. The van der Waals surface area contributed by atoms with Crippen LogP contribution < -0.4 is 10.6 Å². The zero-order valence-corrected chi connectivity index (χ0v) is 20.3. The number of esters is 1. The Hall–Kier alpha value is -4.49. The Morgan fingerprint density at radius 2 is 1.56 bits per heavy atom. The number of hydrogen-bond acceptors (Lipinski definition) is 4. The molecule has 0 saturated carbocycles. The normalized spacial score (nSPS) is 14.0. The van der Waals surface area contributed by atoms with Crippen molar-refractivity contribution in [1.29, 1.82) is 0 Å². The molecule has 2 N–H and O–H groups in total. The molecule has 1 aromatic heterocycles. The van der Waals surface area contributed by atoms with Crippen molar-refractivity contribution in [2.45, 2.75) is 6.92 Å². The van der Waals surface area contributed by atoms with Gasteiger partial charge in [0.05, 0.1) is 23.6 Å². The molecule has 1 aliphatic rings. The highest BCUT2D eigenvalue weighted by atomic mass is 32.1. The highest BCUT2D eigenvalue weighted by Gasteiger charge is 2.24. The summed E-state index contributed by atoms with van der Waals surface area (Å²) in [7, 11) is 0. The summed E-state index contributed by atoms with van der Waals surface area (Å²) < 4.78 is 7.28. The molecule has 0 aliphatic carbocycles. The lowest BCUT2D eigenvalue weighted by molar-refractivity contribution is -0.115. The molecule has 36 heavy (non-hydrogen) atoms. The van der Waals surface area contributed by atoms with E-state index in [1.807, 2.05) is 78.9 Å². The Morgan fingerprint density at radius 3 is 2.14 bits per heavy atom. The number of carbonyl (C=O) groups excluding carboxylic acids is 2. The van der Waals surface area contributed by atoms with Crippen molar-refractivity contribution >= 4 is 35.3 Å². The number of thiocarbonyl (C=S) groups is 1. The summed E-state index contributed by atoms with van der Waals surface area (Å²) >= 11 is 5.12. The molecule has 0 radical (unpaired) electrons. The van der Waals surface area contributed by atoms with E-state index in [0.717, 1.165) is 33.8 Å². The highest BCUT2D eigenvalue weighted by molar-refractivity contribution is 7.80. The van der Waals surface area contributed by atoms with Gasteiger partial charge in [-0.25, -0.2) is 4.79 Å². The predicted molar refractivity (Wildman–Crippen MR) is 144 cm³/mol. The molecular weight excluding hydrogens is 470 g/mol. The summed E-state index contributed by atoms with van der Waals surface area (Å²) in [5, 5.41) is 5.85. The number of benzene rings is 3. The van der Waals surface area contributed by atoms with Crippen LogP contribution in [0.3, 0.4) is 0 Å². The third kappa shape index (κ3) is 4.56. The van der Waals surface area contributed by atoms with Gasteiger partial charge in [0.15, 0.2) is 5.11 Å². The second-order valence-electron chi connectivity index (χ2n) is 8.13. The number of hydrogen-bond donors (Lipinski definition) is 2. The number of carbonyl (C=O) groups is 2. The second-order valence-corrected chi connectivity index (χ2v) is 8.54. The Kier molecular flexibility index (Phi) is 6.47. The van der Waals surface area contributed by atoms with Gasteiger partial charge in [-0.2, -0.15) is 0 Å². The maximum Gasteiger partial charge on any atom is 0.338 e. The van der Waals surface area contributed by atoms with Crippen LogP contribution in [-0.4, -0.2) is 28.2 Å². The molecule has 0 atom stereocenters. The molecule has 1 fully saturated rings. The minimum atomic E-state index is -0.358. The molecule has 2 heterocycles. The second kappa shape index (κ2) is 10.0. The number of aromatic nitrogens is 1. The maximum absolute atomic E-state index is 12.4. The topological polar surface area (TPSA) is 72.4 Å². The zero-order chi connectivity index (χ0) is 25.1. The summed E-state index contributed by atoms with van der Waals surface area (Å²) in [5.74, 6) is -0.630. The fraction of sp³-hybridized carbons (Fsp3) is 0.0690. The van der Waals surface area contributed by atoms with E-state index >= 15 is 0 Å². The first-order valence-corrected chi connectivity index (χ1v) is 11.9. The summed E-state index contributed by atoms with van der Waals surface area (Å²) in [4.78, 5) is 24.7. The first-order chi connectivity index (χ1) is 17.5. The van der Waals surface area contributed by atoms with E-state index in [0.29, 0.717) is 17.9 Å². The molecule has 1 aliphatic heterocycles. The zero-order valence-electron chi connectivity index (χ0n) is 19.5. The van der Waals surface area contributed by atoms with Crippen molar-refractivity contribution in [1.82, 2.24) is 15.2 Å². The lowest BCUT2D eigenvalue weighted by Crippen LogP contribution is -2.21. The van der Waals surface area contributed by atoms with E-state index in [1.165, 1.54) is 0 Å². The van der Waals surface area contributed by atoms with Crippen LogP contribution in [0, 0.1) is 0 Å². The van der Waals surface area contributed by atoms with Gasteiger partial charge in [-0.3, -0.25) is 10.1 Å². The number of nitrogens with one attached hydrogen (secondary N) is 2. The Labute approximate surface area is 214 Å². The van der Waals surface area contributed by atoms with E-state index in [9.17, 15) is 9.59 Å². The number of amides is 1. The van der Waals surface area contributed by atoms with Crippen molar-refractivity contribution in [2.24, 2.45) is 0 Å². The van der Waals surface area contributed by atoms with Gasteiger partial charge >= 0.3 is 5.97 Å². The fourth-order valence-electron chi connectivity index (χ4n) is 4.22. The van der Waals surface area contributed by atoms with Gasteiger partial charge in [0.2, 0.25) is 0 Å². The molecule has 1 saturated heterocycles. The molecule has 3 aromatic carbocycles. The minimum Gasteiger partial charge on any atom is -0.462 e. The van der Waals surface area contributed by atoms with Gasteiger partial charge < -0.3 is 14.6 Å². The van der Waals surface area contributed by atoms with Crippen LogP contribution in [0.2, 0.25) is 0 Å². The first-order valence-electron chi connectivity index (χ1n) is 11.5. The largest absolute Gasteiger partial charge is 0.462 e. The quantitative estimate of drug-likeness (QED) is 0.216. The van der Waals surface area contributed by atoms with Crippen molar-refractivity contribution < 1.29 is 14.3 Å². The smallest absolute Gasteiger partial charge is 0.338 e. The van der Waals surface area contributed by atoms with Crippen molar-refractivity contribution in [3.05, 3.63) is 108 Å². The van der Waals surface area contributed by atoms with E-state index in [4.69, 9.17) is 17.0 Å². The molecule has 6 nitrogen and oxygen atoms in total. The molecule has 0 bridgehead atoms. The number of rotatable bonds is 6. The van der Waals surface area contributed by atoms with Crippen LogP contribution in [0.4, 0.5) is 0 Å². The molecule has 1 amide bonds. The van der Waals surface area contributed by atoms with Gasteiger partial charge in [0.25, 0.3) is 5.91 Å². The van der Waals surface area contributed by atoms with Crippen LogP contribution >= 0.6 is 12.2 Å². The minimum absolute atomic E-state index is 0.271. The van der Waals surface area contributed by atoms with Gasteiger partial charge in [-0.1, -0.05) is 60.7 Å². The molecule has 0 unspecified atom stereocenters. The van der Waals surface area contributed by atoms with Gasteiger partial charge in [-0.05, 0) is 66.7 Å². The molecule has 7 heteroatoms. The van der Waals surface area contributed by atoms with Gasteiger partial charge in [0.1, 0.15) is 5.70 Å².